The van der Waals surface area contributed by atoms with Gasteiger partial charge in [0.1, 0.15) is 23.3 Å². The molecule has 2 aromatic rings. The van der Waals surface area contributed by atoms with Gasteiger partial charge in [0.25, 0.3) is 0 Å². The molecule has 5 nitrogen and oxygen atoms in total. The van der Waals surface area contributed by atoms with Crippen LogP contribution in [0.3, 0.4) is 0 Å². The fourth-order valence-electron chi connectivity index (χ4n) is 1.48. The van der Waals surface area contributed by atoms with Gasteiger partial charge in [-0.1, -0.05) is 23.2 Å². The SMILES string of the molecule is COC(=O)c1cc(Cl)c(F)cc1F.O=C(O)c1cc(Cl)c(F)cc1F.O=S(Cl)Cl. The standard InChI is InChI=1S/C8H5ClF2O2.C7H3ClF2O2.Cl2OS/c1-13-8(12)4-2-5(9)7(11)3-6(4)10;8-4-1-3(7(11)12)5(9)2-6(4)10;1-4(2)3/h2-3H,1H3;1-2H,(H,11,12);. The number of hydrogen-bond donors (Lipinski definition) is 1. The Morgan fingerprint density at radius 1 is 0.862 bits per heavy atom. The van der Waals surface area contributed by atoms with E-state index in [0.29, 0.717) is 12.1 Å². The van der Waals surface area contributed by atoms with E-state index in [1.807, 2.05) is 0 Å². The highest BCUT2D eigenvalue weighted by molar-refractivity contribution is 8.26. The summed E-state index contributed by atoms with van der Waals surface area (Å²) in [6.45, 7) is 0. The van der Waals surface area contributed by atoms with E-state index in [0.717, 1.165) is 19.2 Å². The summed E-state index contributed by atoms with van der Waals surface area (Å²) in [4.78, 5) is 21.1. The first-order valence-electron chi connectivity index (χ1n) is 6.66. The number of aromatic carboxylic acids is 1. The molecule has 0 saturated heterocycles. The van der Waals surface area contributed by atoms with Crippen molar-refractivity contribution < 1.29 is 41.2 Å². The van der Waals surface area contributed by atoms with Gasteiger partial charge >= 0.3 is 11.9 Å². The minimum absolute atomic E-state index is 0.318. The number of halogens is 8. The largest absolute Gasteiger partial charge is 0.478 e. The van der Waals surface area contributed by atoms with Crippen molar-refractivity contribution >= 4 is 65.7 Å². The van der Waals surface area contributed by atoms with Gasteiger partial charge in [0, 0.05) is 33.5 Å². The van der Waals surface area contributed by atoms with Crippen LogP contribution in [-0.4, -0.2) is 28.4 Å². The zero-order valence-corrected chi connectivity index (χ0v) is 17.7. The molecule has 0 aliphatic carbocycles. The van der Waals surface area contributed by atoms with Crippen LogP contribution in [0.1, 0.15) is 20.7 Å². The summed E-state index contributed by atoms with van der Waals surface area (Å²) in [7, 11) is 8.45. The van der Waals surface area contributed by atoms with Gasteiger partial charge in [-0.2, -0.15) is 0 Å². The first-order valence-corrected chi connectivity index (χ1v) is 10.2. The molecule has 0 amide bonds. The molecule has 14 heteroatoms. The summed E-state index contributed by atoms with van der Waals surface area (Å²) in [6, 6.07) is 2.59. The summed E-state index contributed by atoms with van der Waals surface area (Å²) >= 11 is 10.6. The monoisotopic (exact) mass is 516 g/mol. The van der Waals surface area contributed by atoms with E-state index in [9.17, 15) is 27.2 Å². The van der Waals surface area contributed by atoms with E-state index in [-0.39, 0.29) is 10.6 Å². The molecule has 0 radical (unpaired) electrons. The summed E-state index contributed by atoms with van der Waals surface area (Å²) in [5.74, 6) is -6.38. The van der Waals surface area contributed by atoms with Crippen molar-refractivity contribution in [3.8, 4) is 0 Å². The van der Waals surface area contributed by atoms with Gasteiger partial charge in [0.05, 0.1) is 28.3 Å². The van der Waals surface area contributed by atoms with Crippen LogP contribution in [-0.2, 0) is 14.0 Å². The van der Waals surface area contributed by atoms with Crippen LogP contribution in [0.25, 0.3) is 0 Å². The van der Waals surface area contributed by atoms with E-state index < -0.39 is 55.0 Å². The molecule has 0 aliphatic rings. The van der Waals surface area contributed by atoms with Crippen LogP contribution in [0.15, 0.2) is 24.3 Å². The number of methoxy groups -OCH3 is 1. The van der Waals surface area contributed by atoms with E-state index in [1.165, 1.54) is 0 Å². The van der Waals surface area contributed by atoms with Gasteiger partial charge in [-0.3, -0.25) is 0 Å². The third kappa shape index (κ3) is 9.64. The molecule has 0 unspecified atom stereocenters. The molecule has 29 heavy (non-hydrogen) atoms. The highest BCUT2D eigenvalue weighted by atomic mass is 36.0. The molecule has 2 aromatic carbocycles. The van der Waals surface area contributed by atoms with E-state index in [4.69, 9.17) is 32.5 Å². The van der Waals surface area contributed by atoms with Gasteiger partial charge in [0.2, 0.25) is 9.23 Å². The number of carbonyl (C=O) groups excluding carboxylic acids is 1. The third-order valence-electron chi connectivity index (χ3n) is 2.66. The predicted molar refractivity (Wildman–Crippen MR) is 101 cm³/mol. The Labute approximate surface area is 182 Å². The third-order valence-corrected chi connectivity index (χ3v) is 3.23. The lowest BCUT2D eigenvalue weighted by Crippen LogP contribution is -2.04. The predicted octanol–water partition coefficient (Wildman–Crippen LogP) is 5.76. The Hall–Kier alpha value is -1.59. The van der Waals surface area contributed by atoms with Gasteiger partial charge in [-0.25, -0.2) is 31.4 Å². The smallest absolute Gasteiger partial charge is 0.340 e. The van der Waals surface area contributed by atoms with E-state index in [1.54, 1.807) is 0 Å². The number of esters is 1. The number of hydrogen-bond acceptors (Lipinski definition) is 4. The molecular weight excluding hydrogens is 510 g/mol. The van der Waals surface area contributed by atoms with Gasteiger partial charge in [-0.15, -0.1) is 0 Å². The molecule has 0 spiro atoms. The zero-order valence-electron chi connectivity index (χ0n) is 13.8. The topological polar surface area (TPSA) is 80.7 Å². The summed E-state index contributed by atoms with van der Waals surface area (Å²) in [6.07, 6.45) is 0. The Bertz CT molecular complexity index is 926. The van der Waals surface area contributed by atoms with Crippen LogP contribution in [0.4, 0.5) is 17.6 Å². The van der Waals surface area contributed by atoms with Crippen molar-refractivity contribution in [2.24, 2.45) is 0 Å². The average Bonchev–Trinajstić information content (AvgIpc) is 2.60. The average molecular weight is 518 g/mol. The summed E-state index contributed by atoms with van der Waals surface area (Å²) < 4.78 is 63.9. The van der Waals surface area contributed by atoms with Crippen LogP contribution in [0.2, 0.25) is 10.0 Å². The number of rotatable bonds is 2. The molecule has 0 bridgehead atoms. The normalized spacial score (nSPS) is 9.72. The molecule has 1 N–H and O–H groups in total. The minimum Gasteiger partial charge on any atom is -0.478 e. The fourth-order valence-corrected chi connectivity index (χ4v) is 1.80. The second-order valence-corrected chi connectivity index (χ2v) is 7.81. The second kappa shape index (κ2) is 12.9. The number of carboxylic acid groups (broad SMARTS) is 1. The first-order chi connectivity index (χ1) is 13.3. The molecule has 0 saturated carbocycles. The summed E-state index contributed by atoms with van der Waals surface area (Å²) in [5, 5.41) is 7.63. The molecule has 0 fully saturated rings. The minimum atomic E-state index is -1.67. The second-order valence-electron chi connectivity index (χ2n) is 4.47. The number of carboxylic acids is 1. The number of benzene rings is 2. The number of ether oxygens (including phenoxy) is 1. The Kier molecular flexibility index (Phi) is 12.2. The van der Waals surface area contributed by atoms with Crippen LogP contribution >= 0.6 is 44.6 Å². The van der Waals surface area contributed by atoms with Gasteiger partial charge < -0.3 is 9.84 Å². The highest BCUT2D eigenvalue weighted by Crippen LogP contribution is 2.20. The van der Waals surface area contributed by atoms with Crippen LogP contribution < -0.4 is 0 Å². The molecule has 2 rings (SSSR count). The molecule has 0 atom stereocenters. The Balaban J connectivity index is 0.000000459. The van der Waals surface area contributed by atoms with Gasteiger partial charge in [-0.05, 0) is 12.1 Å². The highest BCUT2D eigenvalue weighted by Gasteiger charge is 2.15. The lowest BCUT2D eigenvalue weighted by atomic mass is 10.2. The zero-order chi connectivity index (χ0) is 22.9. The van der Waals surface area contributed by atoms with Crippen molar-refractivity contribution in [3.05, 3.63) is 68.7 Å². The lowest BCUT2D eigenvalue weighted by Gasteiger charge is -2.01. The maximum atomic E-state index is 12.9. The van der Waals surface area contributed by atoms with Crippen molar-refractivity contribution in [2.45, 2.75) is 0 Å². The molecular formula is C15H8Cl4F4O5S. The summed E-state index contributed by atoms with van der Waals surface area (Å²) in [5.41, 5.74) is -1.02. The lowest BCUT2D eigenvalue weighted by molar-refractivity contribution is 0.0594. The molecule has 0 aliphatic heterocycles. The Morgan fingerprint density at radius 3 is 1.55 bits per heavy atom. The van der Waals surface area contributed by atoms with Crippen LogP contribution in [0, 0.1) is 23.3 Å². The van der Waals surface area contributed by atoms with E-state index >= 15 is 0 Å². The maximum Gasteiger partial charge on any atom is 0.340 e. The first kappa shape index (κ1) is 27.4. The van der Waals surface area contributed by atoms with Crippen molar-refractivity contribution in [3.63, 3.8) is 0 Å². The van der Waals surface area contributed by atoms with E-state index in [2.05, 4.69) is 26.1 Å². The van der Waals surface area contributed by atoms with Crippen molar-refractivity contribution in [1.82, 2.24) is 0 Å². The Morgan fingerprint density at radius 2 is 1.21 bits per heavy atom. The van der Waals surface area contributed by atoms with Gasteiger partial charge in [0.15, 0.2) is 0 Å². The quantitative estimate of drug-likeness (QED) is 0.237. The number of carbonyl (C=O) groups is 2. The van der Waals surface area contributed by atoms with Crippen LogP contribution in [0.5, 0.6) is 0 Å². The molecule has 160 valence electrons. The fraction of sp³-hybridized carbons (Fsp3) is 0.0667. The maximum absolute atomic E-state index is 12.9. The molecule has 0 heterocycles. The van der Waals surface area contributed by atoms with Crippen molar-refractivity contribution in [2.75, 3.05) is 7.11 Å². The molecule has 0 aromatic heterocycles. The van der Waals surface area contributed by atoms with Crippen molar-refractivity contribution in [1.29, 1.82) is 0 Å².